The van der Waals surface area contributed by atoms with Gasteiger partial charge in [0.15, 0.2) is 0 Å². The molecule has 1 aromatic heterocycles. The minimum absolute atomic E-state index is 0.155. The molecule has 0 radical (unpaired) electrons. The van der Waals surface area contributed by atoms with E-state index in [1.54, 1.807) is 18.4 Å². The van der Waals surface area contributed by atoms with Crippen LogP contribution in [-0.4, -0.2) is 43.0 Å². The highest BCUT2D eigenvalue weighted by Gasteiger charge is 2.21. The molecule has 2 aromatic rings. The summed E-state index contributed by atoms with van der Waals surface area (Å²) in [5.41, 5.74) is 2.46. The lowest BCUT2D eigenvalue weighted by molar-refractivity contribution is 0.142. The maximum absolute atomic E-state index is 13.0. The third kappa shape index (κ3) is 5.18. The molecule has 1 atom stereocenters. The average Bonchev–Trinajstić information content (AvgIpc) is 3.07. The van der Waals surface area contributed by atoms with E-state index in [2.05, 4.69) is 16.8 Å². The first-order valence-corrected chi connectivity index (χ1v) is 8.85. The summed E-state index contributed by atoms with van der Waals surface area (Å²) in [5.74, 6) is 0.571. The number of benzene rings is 1. The largest absolute Gasteiger partial charge is 0.472 e. The van der Waals surface area contributed by atoms with Crippen molar-refractivity contribution < 1.29 is 8.81 Å². The molecule has 0 saturated carbocycles. The Bertz CT molecular complexity index is 597. The Morgan fingerprint density at radius 2 is 2.04 bits per heavy atom. The lowest BCUT2D eigenvalue weighted by Gasteiger charge is -2.34. The van der Waals surface area contributed by atoms with Crippen LogP contribution in [0.3, 0.4) is 0 Å². The predicted octanol–water partition coefficient (Wildman–Crippen LogP) is 3.81. The van der Waals surface area contributed by atoms with E-state index in [1.807, 2.05) is 24.5 Å². The molecule has 1 aliphatic rings. The molecular weight excluding hydrogens is 303 g/mol. The summed E-state index contributed by atoms with van der Waals surface area (Å²) in [5, 5.41) is 0. The molecular formula is C20H27FN2O. The van der Waals surface area contributed by atoms with Crippen molar-refractivity contribution in [2.45, 2.75) is 25.8 Å². The first kappa shape index (κ1) is 17.2. The minimum atomic E-state index is -0.155. The summed E-state index contributed by atoms with van der Waals surface area (Å²) < 4.78 is 18.1. The molecule has 1 saturated heterocycles. The van der Waals surface area contributed by atoms with E-state index < -0.39 is 0 Å². The molecule has 0 unspecified atom stereocenters. The van der Waals surface area contributed by atoms with Crippen molar-refractivity contribution in [2.75, 3.05) is 33.2 Å². The number of nitrogens with zero attached hydrogens (tertiary/aromatic N) is 2. The number of hydrogen-bond donors (Lipinski definition) is 0. The fourth-order valence-corrected chi connectivity index (χ4v) is 3.64. The van der Waals surface area contributed by atoms with Crippen molar-refractivity contribution in [3.8, 4) is 0 Å². The number of likely N-dealkylation sites (tertiary alicyclic amines) is 1. The van der Waals surface area contributed by atoms with Crippen molar-refractivity contribution in [1.29, 1.82) is 0 Å². The van der Waals surface area contributed by atoms with Crippen molar-refractivity contribution in [1.82, 2.24) is 9.80 Å². The van der Waals surface area contributed by atoms with Crippen LogP contribution >= 0.6 is 0 Å². The second-order valence-corrected chi connectivity index (χ2v) is 7.01. The summed E-state index contributed by atoms with van der Waals surface area (Å²) in [6.45, 7) is 5.48. The Balaban J connectivity index is 1.42. The van der Waals surface area contributed by atoms with Crippen LogP contribution in [0.4, 0.5) is 4.39 Å². The van der Waals surface area contributed by atoms with Crippen molar-refractivity contribution in [2.24, 2.45) is 5.92 Å². The highest BCUT2D eigenvalue weighted by molar-refractivity contribution is 5.16. The van der Waals surface area contributed by atoms with Gasteiger partial charge in [-0.05, 0) is 62.5 Å². The molecule has 3 rings (SSSR count). The van der Waals surface area contributed by atoms with E-state index >= 15 is 0 Å². The third-order valence-electron chi connectivity index (χ3n) is 4.84. The van der Waals surface area contributed by atoms with Gasteiger partial charge in [-0.3, -0.25) is 0 Å². The minimum Gasteiger partial charge on any atom is -0.472 e. The standard InChI is InChI=1S/C20H27FN2O/c1-22(14-19-9-12-24-16-19)13-18-3-2-10-23(15-18)11-8-17-4-6-20(21)7-5-17/h4-7,9,12,16,18H,2-3,8,10-11,13-15H2,1H3/t18-/m0/s1. The zero-order chi connectivity index (χ0) is 16.8. The van der Waals surface area contributed by atoms with Gasteiger partial charge in [0, 0.05) is 31.7 Å². The molecule has 130 valence electrons. The molecule has 4 heteroatoms. The highest BCUT2D eigenvalue weighted by atomic mass is 19.1. The molecule has 1 aromatic carbocycles. The average molecular weight is 330 g/mol. The SMILES string of the molecule is CN(Cc1ccoc1)C[C@@H]1CCCN(CCc2ccc(F)cc2)C1. The topological polar surface area (TPSA) is 19.6 Å². The Hall–Kier alpha value is -1.65. The molecule has 2 heterocycles. The van der Waals surface area contributed by atoms with Gasteiger partial charge in [-0.15, -0.1) is 0 Å². The fourth-order valence-electron chi connectivity index (χ4n) is 3.64. The zero-order valence-electron chi connectivity index (χ0n) is 14.5. The van der Waals surface area contributed by atoms with Crippen molar-refractivity contribution >= 4 is 0 Å². The molecule has 24 heavy (non-hydrogen) atoms. The molecule has 3 nitrogen and oxygen atoms in total. The molecule has 0 N–H and O–H groups in total. The van der Waals surface area contributed by atoms with Gasteiger partial charge < -0.3 is 14.2 Å². The maximum atomic E-state index is 13.0. The van der Waals surface area contributed by atoms with Gasteiger partial charge in [-0.2, -0.15) is 0 Å². The van der Waals surface area contributed by atoms with Crippen LogP contribution in [0.2, 0.25) is 0 Å². The van der Waals surface area contributed by atoms with E-state index in [0.717, 1.165) is 38.5 Å². The lowest BCUT2D eigenvalue weighted by atomic mass is 9.97. The summed E-state index contributed by atoms with van der Waals surface area (Å²) in [6.07, 6.45) is 7.14. The third-order valence-corrected chi connectivity index (χ3v) is 4.84. The van der Waals surface area contributed by atoms with Crippen LogP contribution in [-0.2, 0) is 13.0 Å². The number of hydrogen-bond acceptors (Lipinski definition) is 3. The van der Waals surface area contributed by atoms with Gasteiger partial charge in [0.05, 0.1) is 12.5 Å². The summed E-state index contributed by atoms with van der Waals surface area (Å²) >= 11 is 0. The summed E-state index contributed by atoms with van der Waals surface area (Å²) in [7, 11) is 2.18. The highest BCUT2D eigenvalue weighted by Crippen LogP contribution is 2.19. The van der Waals surface area contributed by atoms with Gasteiger partial charge >= 0.3 is 0 Å². The Labute approximate surface area is 144 Å². The Morgan fingerprint density at radius 1 is 1.21 bits per heavy atom. The lowest BCUT2D eigenvalue weighted by Crippen LogP contribution is -2.40. The summed E-state index contributed by atoms with van der Waals surface area (Å²) in [4.78, 5) is 4.95. The number of piperidine rings is 1. The quantitative estimate of drug-likeness (QED) is 0.770. The Kier molecular flexibility index (Phi) is 6.05. The summed E-state index contributed by atoms with van der Waals surface area (Å²) in [6, 6.07) is 8.94. The van der Waals surface area contributed by atoms with Gasteiger partial charge in [0.1, 0.15) is 5.82 Å². The number of halogens is 1. The number of furan rings is 1. The van der Waals surface area contributed by atoms with E-state index in [-0.39, 0.29) is 5.82 Å². The van der Waals surface area contributed by atoms with E-state index in [9.17, 15) is 4.39 Å². The van der Waals surface area contributed by atoms with Crippen molar-refractivity contribution in [3.63, 3.8) is 0 Å². The second-order valence-electron chi connectivity index (χ2n) is 7.01. The van der Waals surface area contributed by atoms with E-state index in [1.165, 1.54) is 30.5 Å². The molecule has 0 bridgehead atoms. The van der Waals surface area contributed by atoms with Crippen molar-refractivity contribution in [3.05, 3.63) is 59.8 Å². The van der Waals surface area contributed by atoms with Gasteiger partial charge in [-0.1, -0.05) is 12.1 Å². The normalized spacial score (nSPS) is 19.0. The van der Waals surface area contributed by atoms with Crippen LogP contribution in [0.1, 0.15) is 24.0 Å². The monoisotopic (exact) mass is 330 g/mol. The molecule has 1 fully saturated rings. The predicted molar refractivity (Wildman–Crippen MR) is 94.3 cm³/mol. The zero-order valence-corrected chi connectivity index (χ0v) is 14.5. The molecule has 0 spiro atoms. The van der Waals surface area contributed by atoms with Crippen LogP contribution in [0.15, 0.2) is 47.3 Å². The van der Waals surface area contributed by atoms with Crippen LogP contribution in [0, 0.1) is 11.7 Å². The smallest absolute Gasteiger partial charge is 0.123 e. The second kappa shape index (κ2) is 8.45. The number of rotatable bonds is 7. The maximum Gasteiger partial charge on any atom is 0.123 e. The first-order valence-electron chi connectivity index (χ1n) is 8.85. The first-order chi connectivity index (χ1) is 11.7. The van der Waals surface area contributed by atoms with Crippen LogP contribution in [0.5, 0.6) is 0 Å². The van der Waals surface area contributed by atoms with Crippen LogP contribution in [0.25, 0.3) is 0 Å². The Morgan fingerprint density at radius 3 is 2.79 bits per heavy atom. The van der Waals surface area contributed by atoms with E-state index in [0.29, 0.717) is 0 Å². The molecule has 1 aliphatic heterocycles. The van der Waals surface area contributed by atoms with Gasteiger partial charge in [0.25, 0.3) is 0 Å². The van der Waals surface area contributed by atoms with Gasteiger partial charge in [0.2, 0.25) is 0 Å². The van der Waals surface area contributed by atoms with Gasteiger partial charge in [-0.25, -0.2) is 4.39 Å². The van der Waals surface area contributed by atoms with Crippen LogP contribution < -0.4 is 0 Å². The van der Waals surface area contributed by atoms with E-state index in [4.69, 9.17) is 4.42 Å². The molecule has 0 amide bonds. The fraction of sp³-hybridized carbons (Fsp3) is 0.500. The molecule has 0 aliphatic carbocycles.